The van der Waals surface area contributed by atoms with Crippen molar-refractivity contribution in [3.05, 3.63) is 83.7 Å². The molecule has 6 nitrogen and oxygen atoms in total. The molecule has 0 bridgehead atoms. The molecule has 1 aliphatic heterocycles. The summed E-state index contributed by atoms with van der Waals surface area (Å²) in [4.78, 5) is 20.7. The van der Waals surface area contributed by atoms with Gasteiger partial charge in [0.25, 0.3) is 0 Å². The van der Waals surface area contributed by atoms with Gasteiger partial charge in [0.2, 0.25) is 0 Å². The first kappa shape index (κ1) is 23.1. The Hall–Kier alpha value is -3.64. The molecular weight excluding hydrogens is 432 g/mol. The van der Waals surface area contributed by atoms with E-state index < -0.39 is 0 Å². The minimum absolute atomic E-state index is 0.422. The summed E-state index contributed by atoms with van der Waals surface area (Å²) < 4.78 is 0. The van der Waals surface area contributed by atoms with Gasteiger partial charge >= 0.3 is 0 Å². The van der Waals surface area contributed by atoms with E-state index in [4.69, 9.17) is 4.98 Å². The van der Waals surface area contributed by atoms with Gasteiger partial charge in [0.15, 0.2) is 0 Å². The molecule has 0 atom stereocenters. The van der Waals surface area contributed by atoms with Crippen molar-refractivity contribution in [3.8, 4) is 11.1 Å². The zero-order valence-electron chi connectivity index (χ0n) is 21.0. The molecule has 1 N–H and O–H groups in total. The maximum atomic E-state index is 4.72. The highest BCUT2D eigenvalue weighted by Crippen LogP contribution is 2.33. The summed E-state index contributed by atoms with van der Waals surface area (Å²) in [5, 5.41) is 4.70. The number of hydrogen-bond donors (Lipinski definition) is 1. The Labute approximate surface area is 207 Å². The van der Waals surface area contributed by atoms with Crippen LogP contribution in [0.1, 0.15) is 40.9 Å². The number of aryl methyl sites for hydroxylation is 3. The Balaban J connectivity index is 1.50. The van der Waals surface area contributed by atoms with Crippen molar-refractivity contribution in [3.63, 3.8) is 0 Å². The van der Waals surface area contributed by atoms with Crippen LogP contribution in [-0.4, -0.2) is 51.0 Å². The predicted octanol–water partition coefficient (Wildman–Crippen LogP) is 5.58. The molecule has 0 amide bonds. The quantitative estimate of drug-likeness (QED) is 0.416. The van der Waals surface area contributed by atoms with Gasteiger partial charge in [-0.15, -0.1) is 0 Å². The second-order valence-electron chi connectivity index (χ2n) is 9.60. The Morgan fingerprint density at radius 3 is 2.54 bits per heavy atom. The average molecular weight is 465 g/mol. The van der Waals surface area contributed by atoms with E-state index in [-0.39, 0.29) is 0 Å². The Morgan fingerprint density at radius 2 is 1.77 bits per heavy atom. The van der Waals surface area contributed by atoms with Crippen molar-refractivity contribution in [2.45, 2.75) is 39.7 Å². The number of aromatic nitrogens is 4. The molecule has 0 spiro atoms. The summed E-state index contributed by atoms with van der Waals surface area (Å²) in [7, 11) is 2.18. The lowest BCUT2D eigenvalue weighted by atomic mass is 9.93. The summed E-state index contributed by atoms with van der Waals surface area (Å²) >= 11 is 0. The zero-order chi connectivity index (χ0) is 24.5. The lowest BCUT2D eigenvalue weighted by Gasteiger charge is -2.30. The Kier molecular flexibility index (Phi) is 6.31. The molecule has 5 rings (SSSR count). The number of pyridine rings is 2. The molecule has 1 aromatic carbocycles. The standard InChI is InChI=1S/C29H32N6/c1-18-8-11-30-21(4)28(18)23-15-25(20(3)31-16-23)19(2)22-6-7-27-26(14-22)29(33-17-32-27)34-24-9-12-35(5)13-10-24/h6-8,11,14-17,24H,2,9-10,12-13H2,1,3-5H3,(H,32,33,34). The smallest absolute Gasteiger partial charge is 0.137 e. The number of nitrogens with one attached hydrogen (secondary N) is 1. The van der Waals surface area contributed by atoms with Crippen LogP contribution >= 0.6 is 0 Å². The van der Waals surface area contributed by atoms with E-state index in [1.54, 1.807) is 6.33 Å². The second kappa shape index (κ2) is 9.55. The number of piperidine rings is 1. The summed E-state index contributed by atoms with van der Waals surface area (Å²) in [6.07, 6.45) is 7.65. The predicted molar refractivity (Wildman–Crippen MR) is 143 cm³/mol. The third kappa shape index (κ3) is 4.66. The van der Waals surface area contributed by atoms with Gasteiger partial charge < -0.3 is 10.2 Å². The molecule has 6 heteroatoms. The van der Waals surface area contributed by atoms with Gasteiger partial charge in [0, 0.05) is 51.9 Å². The minimum atomic E-state index is 0.422. The van der Waals surface area contributed by atoms with E-state index in [2.05, 4.69) is 70.0 Å². The Morgan fingerprint density at radius 1 is 0.971 bits per heavy atom. The number of benzene rings is 1. The molecule has 178 valence electrons. The van der Waals surface area contributed by atoms with Crippen molar-refractivity contribution in [2.75, 3.05) is 25.5 Å². The first-order valence-electron chi connectivity index (χ1n) is 12.2. The maximum absolute atomic E-state index is 4.72. The summed E-state index contributed by atoms with van der Waals surface area (Å²) in [5.41, 5.74) is 9.27. The molecule has 1 saturated heterocycles. The molecule has 0 unspecified atom stereocenters. The number of nitrogens with zero attached hydrogens (tertiary/aromatic N) is 5. The van der Waals surface area contributed by atoms with Crippen LogP contribution in [0.5, 0.6) is 0 Å². The van der Waals surface area contributed by atoms with Crippen molar-refractivity contribution in [1.82, 2.24) is 24.8 Å². The number of fused-ring (bicyclic) bond motifs is 1. The molecule has 0 saturated carbocycles. The first-order valence-corrected chi connectivity index (χ1v) is 12.2. The Bertz CT molecular complexity index is 1380. The number of anilines is 1. The van der Waals surface area contributed by atoms with Crippen LogP contribution in [0.4, 0.5) is 5.82 Å². The first-order chi connectivity index (χ1) is 16.9. The third-order valence-corrected chi connectivity index (χ3v) is 7.09. The van der Waals surface area contributed by atoms with E-state index in [0.29, 0.717) is 6.04 Å². The topological polar surface area (TPSA) is 66.8 Å². The molecule has 1 aliphatic rings. The van der Waals surface area contributed by atoms with Gasteiger partial charge in [-0.05, 0) is 94.7 Å². The van der Waals surface area contributed by atoms with E-state index in [1.807, 2.05) is 32.3 Å². The molecule has 35 heavy (non-hydrogen) atoms. The molecular formula is C29H32N6. The van der Waals surface area contributed by atoms with Crippen molar-refractivity contribution in [1.29, 1.82) is 0 Å². The maximum Gasteiger partial charge on any atom is 0.137 e. The summed E-state index contributed by atoms with van der Waals surface area (Å²) in [6, 6.07) is 10.9. The van der Waals surface area contributed by atoms with Crippen LogP contribution in [0.2, 0.25) is 0 Å². The summed E-state index contributed by atoms with van der Waals surface area (Å²) in [6.45, 7) is 12.9. The lowest BCUT2D eigenvalue weighted by molar-refractivity contribution is 0.264. The molecule has 0 aliphatic carbocycles. The fourth-order valence-corrected chi connectivity index (χ4v) is 4.97. The number of hydrogen-bond acceptors (Lipinski definition) is 6. The fourth-order valence-electron chi connectivity index (χ4n) is 4.97. The van der Waals surface area contributed by atoms with E-state index in [0.717, 1.165) is 81.9 Å². The van der Waals surface area contributed by atoms with Crippen LogP contribution in [-0.2, 0) is 0 Å². The largest absolute Gasteiger partial charge is 0.367 e. The third-order valence-electron chi connectivity index (χ3n) is 7.09. The molecule has 4 heterocycles. The molecule has 1 fully saturated rings. The van der Waals surface area contributed by atoms with Gasteiger partial charge in [-0.3, -0.25) is 9.97 Å². The van der Waals surface area contributed by atoms with Crippen LogP contribution in [0, 0.1) is 20.8 Å². The van der Waals surface area contributed by atoms with Crippen LogP contribution < -0.4 is 5.32 Å². The average Bonchev–Trinajstić information content (AvgIpc) is 2.86. The van der Waals surface area contributed by atoms with E-state index in [9.17, 15) is 0 Å². The van der Waals surface area contributed by atoms with E-state index in [1.165, 1.54) is 5.56 Å². The van der Waals surface area contributed by atoms with E-state index >= 15 is 0 Å². The molecule has 3 aromatic heterocycles. The van der Waals surface area contributed by atoms with Gasteiger partial charge in [-0.1, -0.05) is 12.6 Å². The SMILES string of the molecule is C=C(c1ccc2ncnc(NC3CCN(C)CC3)c2c1)c1cc(-c2c(C)ccnc2C)cnc1C. The van der Waals surface area contributed by atoms with Crippen molar-refractivity contribution >= 4 is 22.3 Å². The highest BCUT2D eigenvalue weighted by atomic mass is 15.1. The van der Waals surface area contributed by atoms with Crippen molar-refractivity contribution < 1.29 is 0 Å². The van der Waals surface area contributed by atoms with Crippen LogP contribution in [0.15, 0.2) is 55.6 Å². The van der Waals surface area contributed by atoms with Gasteiger partial charge in [-0.2, -0.15) is 0 Å². The van der Waals surface area contributed by atoms with Crippen molar-refractivity contribution in [2.24, 2.45) is 0 Å². The second-order valence-corrected chi connectivity index (χ2v) is 9.60. The summed E-state index contributed by atoms with van der Waals surface area (Å²) in [5.74, 6) is 0.893. The molecule has 4 aromatic rings. The zero-order valence-corrected chi connectivity index (χ0v) is 21.0. The van der Waals surface area contributed by atoms with Gasteiger partial charge in [-0.25, -0.2) is 9.97 Å². The molecule has 0 radical (unpaired) electrons. The monoisotopic (exact) mass is 464 g/mol. The highest BCUT2D eigenvalue weighted by Gasteiger charge is 2.18. The van der Waals surface area contributed by atoms with Crippen LogP contribution in [0.3, 0.4) is 0 Å². The minimum Gasteiger partial charge on any atom is -0.367 e. The van der Waals surface area contributed by atoms with Gasteiger partial charge in [0.1, 0.15) is 12.1 Å². The lowest BCUT2D eigenvalue weighted by Crippen LogP contribution is -2.36. The number of likely N-dealkylation sites (tertiary alicyclic amines) is 1. The van der Waals surface area contributed by atoms with Crippen LogP contribution in [0.25, 0.3) is 27.6 Å². The van der Waals surface area contributed by atoms with Gasteiger partial charge in [0.05, 0.1) is 5.52 Å². The fraction of sp³-hybridized carbons (Fsp3) is 0.310. The normalized spacial score (nSPS) is 14.9. The number of rotatable bonds is 5. The highest BCUT2D eigenvalue weighted by molar-refractivity contribution is 5.93.